The molecule has 1 unspecified atom stereocenters. The van der Waals surface area contributed by atoms with E-state index in [4.69, 9.17) is 27.7 Å². The van der Waals surface area contributed by atoms with Gasteiger partial charge in [0.2, 0.25) is 0 Å². The second-order valence-electron chi connectivity index (χ2n) is 11.6. The van der Waals surface area contributed by atoms with Crippen LogP contribution in [0.5, 0.6) is 0 Å². The molecule has 12 heteroatoms. The van der Waals surface area contributed by atoms with Crippen LogP contribution in [0.2, 0.25) is 10.0 Å². The average molecular weight is 646 g/mol. The number of piperidine rings is 1. The molecule has 1 saturated heterocycles. The van der Waals surface area contributed by atoms with Gasteiger partial charge >= 0.3 is 0 Å². The second kappa shape index (κ2) is 10.1. The minimum Gasteiger partial charge on any atom is -0.360 e. The number of carbonyl (C=O) groups excluding carboxylic acids is 1. The molecule has 2 aromatic carbocycles. The van der Waals surface area contributed by atoms with Gasteiger partial charge in [0.1, 0.15) is 17.0 Å². The third kappa shape index (κ3) is 5.02. The Kier molecular flexibility index (Phi) is 6.69. The van der Waals surface area contributed by atoms with Crippen molar-refractivity contribution in [1.29, 1.82) is 0 Å². The van der Waals surface area contributed by atoms with Gasteiger partial charge < -0.3 is 9.42 Å². The van der Waals surface area contributed by atoms with Crippen molar-refractivity contribution >= 4 is 76.9 Å². The van der Waals surface area contributed by atoms with E-state index in [0.29, 0.717) is 31.9 Å². The molecule has 2 aliphatic carbocycles. The Labute approximate surface area is 256 Å². The minimum atomic E-state index is -2.77. The Hall–Kier alpha value is -2.92. The summed E-state index contributed by atoms with van der Waals surface area (Å²) in [5, 5.41) is 6.27. The molecule has 0 radical (unpaired) electrons. The molecule has 0 bridgehead atoms. The number of thiazole rings is 1. The normalized spacial score (nSPS) is 19.4. The molecule has 218 valence electrons. The van der Waals surface area contributed by atoms with Gasteiger partial charge in [0, 0.05) is 51.7 Å². The van der Waals surface area contributed by atoms with Crippen molar-refractivity contribution in [1.82, 2.24) is 14.9 Å². The van der Waals surface area contributed by atoms with Crippen LogP contribution >= 0.6 is 34.5 Å². The van der Waals surface area contributed by atoms with E-state index in [1.54, 1.807) is 6.07 Å². The first kappa shape index (κ1) is 27.9. The number of aromatic nitrogens is 2. The number of hydrogen-bond acceptors (Lipinski definition) is 7. The lowest BCUT2D eigenvalue weighted by molar-refractivity contribution is 0.0982. The van der Waals surface area contributed by atoms with Crippen LogP contribution in [0.3, 0.4) is 0 Å². The van der Waals surface area contributed by atoms with Crippen LogP contribution in [-0.4, -0.2) is 45.5 Å². The van der Waals surface area contributed by atoms with Gasteiger partial charge in [-0.2, -0.15) is 0 Å². The van der Waals surface area contributed by atoms with E-state index in [2.05, 4.69) is 31.7 Å². The van der Waals surface area contributed by atoms with Crippen molar-refractivity contribution < 1.29 is 17.9 Å². The number of nitrogens with one attached hydrogen (secondary N) is 1. The molecule has 3 aliphatic rings. The summed E-state index contributed by atoms with van der Waals surface area (Å²) >= 11 is 14.5. The molecule has 42 heavy (non-hydrogen) atoms. The Morgan fingerprint density at radius 2 is 1.90 bits per heavy atom. The largest absolute Gasteiger partial charge is 0.360 e. The van der Waals surface area contributed by atoms with Gasteiger partial charge in [-0.25, -0.2) is 13.6 Å². The van der Waals surface area contributed by atoms with Crippen LogP contribution in [0.25, 0.3) is 27.0 Å². The summed E-state index contributed by atoms with van der Waals surface area (Å²) in [5.74, 6) is 3.54. The molecule has 1 N–H and O–H groups in total. The van der Waals surface area contributed by atoms with Crippen LogP contribution in [0.4, 0.5) is 9.52 Å². The predicted molar refractivity (Wildman–Crippen MR) is 169 cm³/mol. The fourth-order valence-electron chi connectivity index (χ4n) is 5.98. The fraction of sp³-hybridized carbons (Fsp3) is 0.333. The topological polar surface area (TPSA) is 88.3 Å². The monoisotopic (exact) mass is 644 g/mol. The van der Waals surface area contributed by atoms with E-state index in [9.17, 15) is 13.4 Å². The molecule has 2 fully saturated rings. The average Bonchev–Trinajstić information content (AvgIpc) is 3.51. The Morgan fingerprint density at radius 3 is 2.55 bits per heavy atom. The summed E-state index contributed by atoms with van der Waals surface area (Å²) in [6, 6.07) is 8.18. The number of halogens is 3. The molecule has 4 aromatic rings. The van der Waals surface area contributed by atoms with E-state index in [0.717, 1.165) is 67.7 Å². The molecule has 1 spiro atoms. The van der Waals surface area contributed by atoms with Crippen LogP contribution in [0.15, 0.2) is 40.9 Å². The highest BCUT2D eigenvalue weighted by atomic mass is 35.5. The smallest absolute Gasteiger partial charge is 0.262 e. The lowest BCUT2D eigenvalue weighted by Crippen LogP contribution is -2.42. The third-order valence-electron chi connectivity index (χ3n) is 8.25. The lowest BCUT2D eigenvalue weighted by Gasteiger charge is -2.46. The number of anilines is 1. The maximum atomic E-state index is 14.9. The van der Waals surface area contributed by atoms with E-state index in [1.807, 2.05) is 18.2 Å². The fourth-order valence-corrected chi connectivity index (χ4v) is 8.13. The first-order chi connectivity index (χ1) is 20.0. The van der Waals surface area contributed by atoms with Gasteiger partial charge in [0.15, 0.2) is 10.9 Å². The molecule has 1 amide bonds. The summed E-state index contributed by atoms with van der Waals surface area (Å²) < 4.78 is 35.6. The van der Waals surface area contributed by atoms with E-state index in [-0.39, 0.29) is 16.5 Å². The Morgan fingerprint density at radius 1 is 1.21 bits per heavy atom. The number of amides is 1. The molecular formula is C30H27Cl2FN4O3S2. The summed E-state index contributed by atoms with van der Waals surface area (Å²) in [7, 11) is -2.77. The third-order valence-corrected chi connectivity index (χ3v) is 10.6. The van der Waals surface area contributed by atoms with E-state index in [1.165, 1.54) is 23.2 Å². The van der Waals surface area contributed by atoms with Crippen molar-refractivity contribution in [2.24, 2.45) is 5.41 Å². The predicted octanol–water partition coefficient (Wildman–Crippen LogP) is 7.34. The molecule has 7 rings (SSSR count). The molecule has 2 aromatic heterocycles. The second-order valence-corrected chi connectivity index (χ2v) is 15.6. The van der Waals surface area contributed by atoms with Crippen LogP contribution in [-0.2, 0) is 9.71 Å². The van der Waals surface area contributed by atoms with Crippen LogP contribution in [0.1, 0.15) is 59.7 Å². The van der Waals surface area contributed by atoms with Crippen LogP contribution < -0.4 is 9.62 Å². The van der Waals surface area contributed by atoms with Gasteiger partial charge in [0.25, 0.3) is 5.91 Å². The molecule has 3 heterocycles. The zero-order chi connectivity index (χ0) is 29.4. The number of carbonyl (C=O) groups is 1. The lowest BCUT2D eigenvalue weighted by atomic mass is 9.63. The number of hydrogen-bond donors (Lipinski definition) is 1. The number of nitrogens with zero attached hydrogens (tertiary/aromatic N) is 3. The Bertz CT molecular complexity index is 1880. The van der Waals surface area contributed by atoms with Gasteiger partial charge in [-0.3, -0.25) is 9.52 Å². The SMILES string of the molecule is C=S(C)(=O)NC(=O)c1cc(F)c2nc(N3CCC4(C=C(c5c(-c6c(Cl)cccc6Cl)noc5C5CC5)C4)CC3)sc2c1. The molecular weight excluding hydrogens is 618 g/mol. The number of rotatable bonds is 6. The van der Waals surface area contributed by atoms with Crippen molar-refractivity contribution in [3.8, 4) is 11.3 Å². The number of allylic oxidation sites excluding steroid dienone is 2. The molecule has 1 atom stereocenters. The van der Waals surface area contributed by atoms with Gasteiger partial charge in [-0.15, -0.1) is 0 Å². The summed E-state index contributed by atoms with van der Waals surface area (Å²) in [5.41, 5.74) is 4.09. The standard InChI is InChI=1S/C30H27Cl2FN4O3S2/c1-42(2,39)36-28(38)17-12-21(33)25-22(13-17)41-29(34-25)37-10-8-30(9-11-37)14-18(15-30)23-26(35-40-27(23)16-6-7-16)24-19(31)4-3-5-20(24)32/h3-5,12-14,16H,1,6-11,15H2,2H3,(H,36,38,39). The quantitative estimate of drug-likeness (QED) is 0.221. The highest BCUT2D eigenvalue weighted by molar-refractivity contribution is 7.98. The van der Waals surface area contributed by atoms with E-state index < -0.39 is 21.4 Å². The van der Waals surface area contributed by atoms with Crippen molar-refractivity contribution in [2.75, 3.05) is 24.2 Å². The maximum absolute atomic E-state index is 14.9. The highest BCUT2D eigenvalue weighted by Crippen LogP contribution is 2.56. The summed E-state index contributed by atoms with van der Waals surface area (Å²) in [6.45, 7) is 1.56. The van der Waals surface area contributed by atoms with E-state index >= 15 is 0 Å². The minimum absolute atomic E-state index is 0.0696. The molecule has 1 saturated carbocycles. The maximum Gasteiger partial charge on any atom is 0.262 e. The number of benzene rings is 2. The van der Waals surface area contributed by atoms with Crippen molar-refractivity contribution in [3.05, 3.63) is 69.2 Å². The zero-order valence-corrected chi connectivity index (χ0v) is 25.9. The van der Waals surface area contributed by atoms with Crippen molar-refractivity contribution in [3.63, 3.8) is 0 Å². The Balaban J connectivity index is 1.11. The summed E-state index contributed by atoms with van der Waals surface area (Å²) in [6.07, 6.45) is 8.65. The van der Waals surface area contributed by atoms with Crippen molar-refractivity contribution in [2.45, 2.75) is 38.0 Å². The number of fused-ring (bicyclic) bond motifs is 1. The first-order valence-corrected chi connectivity index (χ1v) is 17.4. The first-order valence-electron chi connectivity index (χ1n) is 13.7. The van der Waals surface area contributed by atoms with Gasteiger partial charge in [0.05, 0.1) is 14.7 Å². The van der Waals surface area contributed by atoms with Gasteiger partial charge in [-0.1, -0.05) is 51.8 Å². The zero-order valence-electron chi connectivity index (χ0n) is 22.7. The molecule has 1 aliphatic heterocycles. The highest BCUT2D eigenvalue weighted by Gasteiger charge is 2.44. The van der Waals surface area contributed by atoms with Gasteiger partial charge in [-0.05, 0) is 73.2 Å². The van der Waals surface area contributed by atoms with Crippen LogP contribution in [0, 0.1) is 11.2 Å². The summed E-state index contributed by atoms with van der Waals surface area (Å²) in [4.78, 5) is 19.2. The molecule has 7 nitrogen and oxygen atoms in total.